The van der Waals surface area contributed by atoms with Crippen molar-refractivity contribution in [2.45, 2.75) is 222 Å². The molecule has 12 unspecified atom stereocenters. The van der Waals surface area contributed by atoms with Gasteiger partial charge in [-0.25, -0.2) is 0 Å². The van der Waals surface area contributed by atoms with Gasteiger partial charge in [0.1, 0.15) is 48.8 Å². The van der Waals surface area contributed by atoms with Crippen LogP contribution in [0.3, 0.4) is 0 Å². The molecule has 14 heteroatoms. The summed E-state index contributed by atoms with van der Waals surface area (Å²) in [4.78, 5) is 13.1. The molecule has 0 saturated carbocycles. The lowest BCUT2D eigenvalue weighted by Gasteiger charge is -2.46. The lowest BCUT2D eigenvalue weighted by Crippen LogP contribution is -2.65. The molecule has 2 saturated heterocycles. The molecule has 0 aromatic carbocycles. The smallest absolute Gasteiger partial charge is 0.220 e. The predicted molar refractivity (Wildman–Crippen MR) is 253 cm³/mol. The number of unbranched alkanes of at least 4 members (excludes halogenated alkanes) is 13. The van der Waals surface area contributed by atoms with E-state index in [0.29, 0.717) is 12.8 Å². The van der Waals surface area contributed by atoms with Crippen molar-refractivity contribution in [2.24, 2.45) is 0 Å². The zero-order chi connectivity index (χ0) is 47.5. The van der Waals surface area contributed by atoms with Crippen LogP contribution < -0.4 is 5.32 Å². The van der Waals surface area contributed by atoms with Crippen LogP contribution in [0.2, 0.25) is 0 Å². The maximum atomic E-state index is 13.1. The van der Waals surface area contributed by atoms with Crippen LogP contribution in [-0.2, 0) is 23.7 Å². The summed E-state index contributed by atoms with van der Waals surface area (Å²) in [5.74, 6) is -0.272. The molecule has 0 aliphatic carbocycles. The zero-order valence-electron chi connectivity index (χ0n) is 39.4. The molecule has 2 aliphatic rings. The van der Waals surface area contributed by atoms with Crippen LogP contribution in [0.5, 0.6) is 0 Å². The number of aliphatic hydroxyl groups is 8. The fourth-order valence-electron chi connectivity index (χ4n) is 7.49. The van der Waals surface area contributed by atoms with Crippen molar-refractivity contribution in [1.29, 1.82) is 0 Å². The molecule has 14 nitrogen and oxygen atoms in total. The number of hydrogen-bond donors (Lipinski definition) is 9. The number of hydrogen-bond acceptors (Lipinski definition) is 13. The molecule has 2 heterocycles. The average Bonchev–Trinajstić information content (AvgIpc) is 3.30. The van der Waals surface area contributed by atoms with Crippen LogP contribution in [0.25, 0.3) is 0 Å². The van der Waals surface area contributed by atoms with Crippen LogP contribution >= 0.6 is 0 Å². The number of ether oxygens (including phenoxy) is 4. The highest BCUT2D eigenvalue weighted by atomic mass is 16.7. The van der Waals surface area contributed by atoms with E-state index in [1.165, 1.54) is 38.5 Å². The molecule has 0 bridgehead atoms. The largest absolute Gasteiger partial charge is 0.394 e. The van der Waals surface area contributed by atoms with E-state index in [0.717, 1.165) is 77.0 Å². The Labute approximate surface area is 389 Å². The monoisotopic (exact) mass is 922 g/mol. The molecule has 65 heavy (non-hydrogen) atoms. The lowest BCUT2D eigenvalue weighted by molar-refractivity contribution is -0.359. The van der Waals surface area contributed by atoms with Crippen LogP contribution in [0.4, 0.5) is 0 Å². The molecule has 0 radical (unpaired) electrons. The standard InChI is InChI=1S/C51H87NO13/c1-3-5-7-9-11-13-15-17-18-19-20-21-22-23-25-27-29-31-33-35-43(56)52-39(40(55)34-32-30-28-26-24-16-14-12-10-8-6-4-2)38-62-50-48(61)46(59)49(42(37-54)64-50)65-51-47(60)45(58)44(57)41(36-53)63-51/h10-13,17-18,20-21,24,26,32,34,39-42,44-51,53-55,57-61H,3-9,14-16,19,22-23,25,27-31,33,35-38H2,1-2H3,(H,52,56)/b12-10+,13-11-,18-17-,21-20-,26-24+,34-32+. The average molecular weight is 922 g/mol. The van der Waals surface area contributed by atoms with E-state index in [-0.39, 0.29) is 18.9 Å². The minimum atomic E-state index is -1.80. The van der Waals surface area contributed by atoms with Crippen molar-refractivity contribution in [3.8, 4) is 0 Å². The van der Waals surface area contributed by atoms with Crippen molar-refractivity contribution in [2.75, 3.05) is 19.8 Å². The maximum absolute atomic E-state index is 13.1. The lowest BCUT2D eigenvalue weighted by atomic mass is 9.97. The van der Waals surface area contributed by atoms with Crippen LogP contribution in [0.15, 0.2) is 72.9 Å². The van der Waals surface area contributed by atoms with E-state index in [9.17, 15) is 45.6 Å². The van der Waals surface area contributed by atoms with Crippen molar-refractivity contribution in [1.82, 2.24) is 5.32 Å². The van der Waals surface area contributed by atoms with Gasteiger partial charge in [0.15, 0.2) is 12.6 Å². The molecule has 0 aromatic rings. The van der Waals surface area contributed by atoms with E-state index in [1.807, 2.05) is 6.08 Å². The van der Waals surface area contributed by atoms with Gasteiger partial charge in [-0.2, -0.15) is 0 Å². The summed E-state index contributed by atoms with van der Waals surface area (Å²) < 4.78 is 22.6. The van der Waals surface area contributed by atoms with Gasteiger partial charge in [-0.3, -0.25) is 4.79 Å². The summed E-state index contributed by atoms with van der Waals surface area (Å²) in [7, 11) is 0. The molecule has 2 rings (SSSR count). The third-order valence-corrected chi connectivity index (χ3v) is 11.6. The SMILES string of the molecule is CCCC/C=C/CC/C=C/CC/C=C/C(O)C(COC1OC(CO)C(OC2OC(CO)C(O)C(O)C2O)C(O)C1O)NC(=O)CCCCCCCC/C=C\C/C=C\C/C=C\CCCCC. The Balaban J connectivity index is 1.87. The molecule has 9 N–H and O–H groups in total. The molecule has 2 aliphatic heterocycles. The number of aliphatic hydroxyl groups excluding tert-OH is 8. The van der Waals surface area contributed by atoms with E-state index in [1.54, 1.807) is 6.08 Å². The fourth-order valence-corrected chi connectivity index (χ4v) is 7.49. The number of allylic oxidation sites excluding steroid dienone is 11. The van der Waals surface area contributed by atoms with E-state index in [4.69, 9.17) is 18.9 Å². The Morgan fingerprint density at radius 2 is 1.05 bits per heavy atom. The maximum Gasteiger partial charge on any atom is 0.220 e. The fraction of sp³-hybridized carbons (Fsp3) is 0.745. The predicted octanol–water partition coefficient (Wildman–Crippen LogP) is 6.04. The minimum absolute atomic E-state index is 0.251. The van der Waals surface area contributed by atoms with Gasteiger partial charge in [-0.1, -0.05) is 138 Å². The molecule has 374 valence electrons. The summed E-state index contributed by atoms with van der Waals surface area (Å²) in [6.07, 6.45) is 29.4. The third kappa shape index (κ3) is 24.9. The number of carbonyl (C=O) groups is 1. The van der Waals surface area contributed by atoms with Gasteiger partial charge in [0.2, 0.25) is 5.91 Å². The highest BCUT2D eigenvalue weighted by Gasteiger charge is 2.51. The summed E-state index contributed by atoms with van der Waals surface area (Å²) >= 11 is 0. The highest BCUT2D eigenvalue weighted by Crippen LogP contribution is 2.30. The second-order valence-corrected chi connectivity index (χ2v) is 17.2. The first-order chi connectivity index (χ1) is 31.6. The van der Waals surface area contributed by atoms with Crippen molar-refractivity contribution < 1.29 is 64.6 Å². The van der Waals surface area contributed by atoms with Crippen LogP contribution in [0, 0.1) is 0 Å². The van der Waals surface area contributed by atoms with Gasteiger partial charge in [-0.05, 0) is 77.0 Å². The van der Waals surface area contributed by atoms with Crippen LogP contribution in [-0.4, -0.2) is 140 Å². The number of nitrogens with one attached hydrogen (secondary N) is 1. The van der Waals surface area contributed by atoms with E-state index < -0.39 is 86.8 Å². The van der Waals surface area contributed by atoms with E-state index >= 15 is 0 Å². The minimum Gasteiger partial charge on any atom is -0.394 e. The van der Waals surface area contributed by atoms with Crippen molar-refractivity contribution in [3.05, 3.63) is 72.9 Å². The molecular weight excluding hydrogens is 835 g/mol. The van der Waals surface area contributed by atoms with Crippen LogP contribution in [0.1, 0.15) is 149 Å². The van der Waals surface area contributed by atoms with Gasteiger partial charge < -0.3 is 65.1 Å². The Morgan fingerprint density at radius 1 is 0.554 bits per heavy atom. The zero-order valence-corrected chi connectivity index (χ0v) is 39.4. The quantitative estimate of drug-likeness (QED) is 0.0258. The van der Waals surface area contributed by atoms with E-state index in [2.05, 4.69) is 79.9 Å². The molecule has 0 spiro atoms. The van der Waals surface area contributed by atoms with Gasteiger partial charge in [0.25, 0.3) is 0 Å². The normalized spacial score (nSPS) is 27.7. The Morgan fingerprint density at radius 3 is 1.66 bits per heavy atom. The first-order valence-corrected chi connectivity index (χ1v) is 24.7. The molecule has 2 fully saturated rings. The van der Waals surface area contributed by atoms with Crippen molar-refractivity contribution >= 4 is 5.91 Å². The topological polar surface area (TPSA) is 228 Å². The molecule has 1 amide bonds. The van der Waals surface area contributed by atoms with Gasteiger partial charge in [0, 0.05) is 6.42 Å². The molecule has 12 atom stereocenters. The first-order valence-electron chi connectivity index (χ1n) is 24.7. The van der Waals surface area contributed by atoms with Crippen molar-refractivity contribution in [3.63, 3.8) is 0 Å². The second-order valence-electron chi connectivity index (χ2n) is 17.2. The summed E-state index contributed by atoms with van der Waals surface area (Å²) in [5.41, 5.74) is 0. The third-order valence-electron chi connectivity index (χ3n) is 11.6. The Bertz CT molecular complexity index is 1370. The summed E-state index contributed by atoms with van der Waals surface area (Å²) in [5, 5.41) is 86.6. The van der Waals surface area contributed by atoms with Gasteiger partial charge >= 0.3 is 0 Å². The molecule has 0 aromatic heterocycles. The van der Waals surface area contributed by atoms with Gasteiger partial charge in [0.05, 0.1) is 32.0 Å². The summed E-state index contributed by atoms with van der Waals surface area (Å²) in [6.45, 7) is 2.64. The summed E-state index contributed by atoms with van der Waals surface area (Å²) in [6, 6.07) is -0.946. The Kier molecular flexibility index (Phi) is 33.7. The Hall–Kier alpha value is -2.57. The number of amides is 1. The number of rotatable bonds is 36. The first kappa shape index (κ1) is 58.6. The van der Waals surface area contributed by atoms with Gasteiger partial charge in [-0.15, -0.1) is 0 Å². The molecular formula is C51H87NO13. The second kappa shape index (κ2) is 37.4. The highest BCUT2D eigenvalue weighted by molar-refractivity contribution is 5.76. The number of carbonyl (C=O) groups excluding carboxylic acids is 1.